The van der Waals surface area contributed by atoms with Crippen LogP contribution in [0.5, 0.6) is 23.0 Å². The number of rotatable bonds is 10. The number of aromatic nitrogens is 1. The average Bonchev–Trinajstić information content (AvgIpc) is 3.22. The summed E-state index contributed by atoms with van der Waals surface area (Å²) in [4.78, 5) is 32.4. The van der Waals surface area contributed by atoms with Crippen molar-refractivity contribution in [2.24, 2.45) is 4.99 Å². The van der Waals surface area contributed by atoms with Crippen molar-refractivity contribution in [3.63, 3.8) is 0 Å². The summed E-state index contributed by atoms with van der Waals surface area (Å²) in [5.41, 5.74) is 1.87. The SMILES string of the molecule is CCOC(=O)C1=C(C)N=c2s/c(=C/c3cc(Br)c(OC)c(OCC)c3)c(=O)n2[C@@H]1c1ccc(OC(C)C)c(OC)c1. The lowest BCUT2D eigenvalue weighted by Crippen LogP contribution is -2.40. The van der Waals surface area contributed by atoms with E-state index in [0.29, 0.717) is 54.7 Å². The zero-order valence-corrected chi connectivity index (χ0v) is 26.5. The number of hydrogen-bond donors (Lipinski definition) is 0. The topological polar surface area (TPSA) is 97.6 Å². The van der Waals surface area contributed by atoms with Crippen LogP contribution in [0.2, 0.25) is 0 Å². The van der Waals surface area contributed by atoms with E-state index in [2.05, 4.69) is 20.9 Å². The summed E-state index contributed by atoms with van der Waals surface area (Å²) >= 11 is 4.78. The van der Waals surface area contributed by atoms with Crippen LogP contribution in [-0.2, 0) is 9.53 Å². The van der Waals surface area contributed by atoms with E-state index < -0.39 is 12.0 Å². The van der Waals surface area contributed by atoms with Crippen LogP contribution >= 0.6 is 27.3 Å². The fraction of sp³-hybridized carbons (Fsp3) is 0.367. The van der Waals surface area contributed by atoms with E-state index in [9.17, 15) is 9.59 Å². The standard InChI is InChI=1S/C30H33BrN2O7S/c1-8-38-23-13-18(12-20(31)27(23)37-7)14-24-28(34)33-26(19-10-11-21(40-16(3)4)22(15-19)36-6)25(29(35)39-9-2)17(5)32-30(33)41-24/h10-16,26H,8-9H2,1-7H3/b24-14+/t26-/m1/s1. The van der Waals surface area contributed by atoms with Gasteiger partial charge in [0.15, 0.2) is 27.8 Å². The third-order valence-electron chi connectivity index (χ3n) is 6.22. The molecule has 4 rings (SSSR count). The summed E-state index contributed by atoms with van der Waals surface area (Å²) in [5.74, 6) is 1.64. The number of nitrogens with zero attached hydrogens (tertiary/aromatic N) is 2. The van der Waals surface area contributed by atoms with Crippen LogP contribution in [0, 0.1) is 0 Å². The first-order valence-electron chi connectivity index (χ1n) is 13.2. The number of ether oxygens (including phenoxy) is 5. The van der Waals surface area contributed by atoms with Gasteiger partial charge in [-0.25, -0.2) is 9.79 Å². The predicted octanol–water partition coefficient (Wildman–Crippen LogP) is 4.76. The van der Waals surface area contributed by atoms with Crippen molar-refractivity contribution < 1.29 is 28.5 Å². The monoisotopic (exact) mass is 644 g/mol. The molecule has 0 spiro atoms. The highest BCUT2D eigenvalue weighted by atomic mass is 79.9. The van der Waals surface area contributed by atoms with E-state index in [1.54, 1.807) is 46.3 Å². The Morgan fingerprint density at radius 2 is 1.85 bits per heavy atom. The van der Waals surface area contributed by atoms with Crippen molar-refractivity contribution in [1.82, 2.24) is 4.57 Å². The van der Waals surface area contributed by atoms with Gasteiger partial charge in [-0.3, -0.25) is 9.36 Å². The number of benzene rings is 2. The molecule has 11 heteroatoms. The molecule has 41 heavy (non-hydrogen) atoms. The number of halogens is 1. The Hall–Kier alpha value is -3.57. The molecule has 0 saturated carbocycles. The van der Waals surface area contributed by atoms with Gasteiger partial charge in [0.2, 0.25) is 0 Å². The second-order valence-corrected chi connectivity index (χ2v) is 11.2. The highest BCUT2D eigenvalue weighted by Crippen LogP contribution is 2.38. The van der Waals surface area contributed by atoms with Gasteiger partial charge in [-0.15, -0.1) is 0 Å². The van der Waals surface area contributed by atoms with Crippen LogP contribution in [0.4, 0.5) is 0 Å². The number of methoxy groups -OCH3 is 2. The van der Waals surface area contributed by atoms with Crippen molar-refractivity contribution in [1.29, 1.82) is 0 Å². The number of carbonyl (C=O) groups is 1. The minimum atomic E-state index is -0.781. The molecule has 9 nitrogen and oxygen atoms in total. The van der Waals surface area contributed by atoms with Crippen LogP contribution < -0.4 is 33.8 Å². The lowest BCUT2D eigenvalue weighted by molar-refractivity contribution is -0.139. The van der Waals surface area contributed by atoms with Crippen LogP contribution in [0.15, 0.2) is 55.9 Å². The Bertz CT molecular complexity index is 1670. The molecular formula is C30H33BrN2O7S. The summed E-state index contributed by atoms with van der Waals surface area (Å²) in [6, 6.07) is 8.28. The second-order valence-electron chi connectivity index (χ2n) is 9.35. The highest BCUT2D eigenvalue weighted by molar-refractivity contribution is 9.10. The van der Waals surface area contributed by atoms with Gasteiger partial charge in [0.25, 0.3) is 5.56 Å². The number of carbonyl (C=O) groups excluding carboxylic acids is 1. The lowest BCUT2D eigenvalue weighted by Gasteiger charge is -2.25. The van der Waals surface area contributed by atoms with Crippen LogP contribution in [-0.4, -0.2) is 44.1 Å². The van der Waals surface area contributed by atoms with Crippen molar-refractivity contribution >= 4 is 39.3 Å². The van der Waals surface area contributed by atoms with Gasteiger partial charge in [0.05, 0.1) is 59.9 Å². The van der Waals surface area contributed by atoms with E-state index in [0.717, 1.165) is 5.56 Å². The summed E-state index contributed by atoms with van der Waals surface area (Å²) in [6.07, 6.45) is 1.71. The fourth-order valence-corrected chi connectivity index (χ4v) is 6.26. The normalized spacial score (nSPS) is 15.0. The minimum absolute atomic E-state index is 0.0640. The molecule has 1 aliphatic heterocycles. The van der Waals surface area contributed by atoms with Crippen molar-refractivity contribution in [2.75, 3.05) is 27.4 Å². The largest absolute Gasteiger partial charge is 0.493 e. The molecule has 2 aromatic carbocycles. The molecule has 0 aliphatic carbocycles. The molecule has 0 radical (unpaired) electrons. The highest BCUT2D eigenvalue weighted by Gasteiger charge is 2.34. The first-order chi connectivity index (χ1) is 19.6. The molecule has 1 atom stereocenters. The zero-order chi connectivity index (χ0) is 29.8. The number of thiazole rings is 1. The molecule has 0 bridgehead atoms. The van der Waals surface area contributed by atoms with Crippen molar-refractivity contribution in [2.45, 2.75) is 46.8 Å². The summed E-state index contributed by atoms with van der Waals surface area (Å²) in [5, 5.41) is 0. The smallest absolute Gasteiger partial charge is 0.338 e. The molecule has 0 fully saturated rings. The maximum Gasteiger partial charge on any atom is 0.338 e. The molecule has 1 aliphatic rings. The molecule has 1 aromatic heterocycles. The fourth-order valence-electron chi connectivity index (χ4n) is 4.60. The third-order valence-corrected chi connectivity index (χ3v) is 7.79. The van der Waals surface area contributed by atoms with E-state index in [-0.39, 0.29) is 23.8 Å². The maximum atomic E-state index is 14.0. The Kier molecular flexibility index (Phi) is 9.60. The Balaban J connectivity index is 1.94. The molecular weight excluding hydrogens is 612 g/mol. The van der Waals surface area contributed by atoms with Gasteiger partial charge >= 0.3 is 5.97 Å². The van der Waals surface area contributed by atoms with Crippen molar-refractivity contribution in [3.05, 3.63) is 76.9 Å². The van der Waals surface area contributed by atoms with E-state index in [4.69, 9.17) is 23.7 Å². The summed E-state index contributed by atoms with van der Waals surface area (Å²) < 4.78 is 30.8. The van der Waals surface area contributed by atoms with Gasteiger partial charge in [-0.1, -0.05) is 17.4 Å². The summed E-state index contributed by atoms with van der Waals surface area (Å²) in [6.45, 7) is 9.86. The molecule has 0 unspecified atom stereocenters. The predicted molar refractivity (Wildman–Crippen MR) is 161 cm³/mol. The maximum absolute atomic E-state index is 14.0. The first kappa shape index (κ1) is 30.4. The van der Waals surface area contributed by atoms with Gasteiger partial charge in [0.1, 0.15) is 0 Å². The number of hydrogen-bond acceptors (Lipinski definition) is 9. The molecule has 3 aromatic rings. The second kappa shape index (κ2) is 12.9. The molecule has 0 saturated heterocycles. The summed E-state index contributed by atoms with van der Waals surface area (Å²) in [7, 11) is 3.12. The van der Waals surface area contributed by atoms with Crippen LogP contribution in [0.25, 0.3) is 6.08 Å². The van der Waals surface area contributed by atoms with Gasteiger partial charge in [0, 0.05) is 0 Å². The Labute approximate surface area is 250 Å². The quantitative estimate of drug-likeness (QED) is 0.294. The Morgan fingerprint density at radius 1 is 1.10 bits per heavy atom. The molecule has 0 amide bonds. The first-order valence-corrected chi connectivity index (χ1v) is 14.8. The van der Waals surface area contributed by atoms with Crippen LogP contribution in [0.1, 0.15) is 51.8 Å². The zero-order valence-electron chi connectivity index (χ0n) is 24.1. The Morgan fingerprint density at radius 3 is 2.49 bits per heavy atom. The van der Waals surface area contributed by atoms with E-state index in [1.807, 2.05) is 39.0 Å². The van der Waals surface area contributed by atoms with Gasteiger partial charge < -0.3 is 23.7 Å². The van der Waals surface area contributed by atoms with Gasteiger partial charge in [-0.2, -0.15) is 0 Å². The van der Waals surface area contributed by atoms with E-state index >= 15 is 0 Å². The van der Waals surface area contributed by atoms with Crippen LogP contribution in [0.3, 0.4) is 0 Å². The number of fused-ring (bicyclic) bond motifs is 1. The molecule has 2 heterocycles. The van der Waals surface area contributed by atoms with E-state index in [1.165, 1.54) is 15.9 Å². The molecule has 0 N–H and O–H groups in total. The minimum Gasteiger partial charge on any atom is -0.493 e. The lowest BCUT2D eigenvalue weighted by atomic mass is 9.95. The number of allylic oxidation sites excluding steroid dienone is 1. The van der Waals surface area contributed by atoms with Crippen molar-refractivity contribution in [3.8, 4) is 23.0 Å². The number of esters is 1. The van der Waals surface area contributed by atoms with Gasteiger partial charge in [-0.05, 0) is 92.0 Å². The molecule has 218 valence electrons. The third kappa shape index (κ3) is 6.20. The average molecular weight is 646 g/mol.